The molecule has 3 heterocycles. The van der Waals surface area contributed by atoms with E-state index in [1.165, 1.54) is 70.1 Å². The van der Waals surface area contributed by atoms with Gasteiger partial charge in [0.15, 0.2) is 0 Å². The lowest BCUT2D eigenvalue weighted by Gasteiger charge is -2.29. The van der Waals surface area contributed by atoms with Gasteiger partial charge in [0, 0.05) is 79.6 Å². The van der Waals surface area contributed by atoms with Crippen molar-refractivity contribution in [3.63, 3.8) is 0 Å². The maximum absolute atomic E-state index is 8.04. The van der Waals surface area contributed by atoms with Crippen LogP contribution in [-0.4, -0.2) is 4.40 Å². The van der Waals surface area contributed by atoms with Crippen molar-refractivity contribution < 1.29 is 8.22 Å². The number of nitrogens with zero attached hydrogens (tertiary/aromatic N) is 3. The van der Waals surface area contributed by atoms with E-state index in [0.717, 1.165) is 34.1 Å². The average Bonchev–Trinajstić information content (AvgIpc) is 4.00. The van der Waals surface area contributed by atoms with Crippen molar-refractivity contribution in [3.8, 4) is 11.3 Å². The molecule has 1 aliphatic rings. The molecule has 3 aromatic heterocycles. The number of thiophene rings is 1. The fraction of sp³-hybridized carbons (Fsp3) is 0.220. The molecule has 10 aromatic rings. The third-order valence-electron chi connectivity index (χ3n) is 13.4. The van der Waals surface area contributed by atoms with E-state index in [1.807, 2.05) is 35.6 Å². The van der Waals surface area contributed by atoms with Crippen LogP contribution in [0.15, 0.2) is 152 Å². The molecule has 0 saturated heterocycles. The van der Waals surface area contributed by atoms with Crippen LogP contribution in [0.4, 0.5) is 34.1 Å². The highest BCUT2D eigenvalue weighted by atomic mass is 32.1. The second-order valence-corrected chi connectivity index (χ2v) is 21.0. The summed E-state index contributed by atoms with van der Waals surface area (Å²) in [6.45, 7) is 13.6. The van der Waals surface area contributed by atoms with Gasteiger partial charge in [-0.1, -0.05) is 145 Å². The molecule has 0 spiro atoms. The molecular formula is C59H55N3S. The predicted molar refractivity (Wildman–Crippen MR) is 273 cm³/mol. The van der Waals surface area contributed by atoms with Crippen molar-refractivity contribution in [2.45, 2.75) is 85.3 Å². The third kappa shape index (κ3) is 6.13. The Kier molecular flexibility index (Phi) is 7.29. The van der Waals surface area contributed by atoms with E-state index in [-0.39, 0.29) is 16.2 Å². The molecular weight excluding hydrogens is 783 g/mol. The van der Waals surface area contributed by atoms with E-state index in [0.29, 0.717) is 11.1 Å². The minimum Gasteiger partial charge on any atom is -0.310 e. The molecule has 0 unspecified atom stereocenters. The lowest BCUT2D eigenvalue weighted by molar-refractivity contribution is 0.590. The zero-order chi connectivity index (χ0) is 48.7. The van der Waals surface area contributed by atoms with Crippen LogP contribution in [0.2, 0.25) is 0 Å². The number of para-hydroxylation sites is 1. The first-order chi connectivity index (χ1) is 32.5. The molecule has 0 amide bonds. The average molecular weight is 844 g/mol. The van der Waals surface area contributed by atoms with Gasteiger partial charge in [0.05, 0.1) is 11.2 Å². The summed E-state index contributed by atoms with van der Waals surface area (Å²) in [5, 5.41) is 4.96. The molecule has 11 rings (SSSR count). The van der Waals surface area contributed by atoms with Crippen LogP contribution in [0.25, 0.3) is 47.8 Å². The van der Waals surface area contributed by atoms with E-state index >= 15 is 0 Å². The quantitative estimate of drug-likeness (QED) is 0.165. The Labute approximate surface area is 384 Å². The van der Waals surface area contributed by atoms with Crippen molar-refractivity contribution >= 4 is 82.1 Å². The third-order valence-corrected chi connectivity index (χ3v) is 14.6. The van der Waals surface area contributed by atoms with Gasteiger partial charge < -0.3 is 9.80 Å². The van der Waals surface area contributed by atoms with Crippen LogP contribution in [0.5, 0.6) is 0 Å². The number of benzene rings is 7. The Morgan fingerprint density at radius 1 is 0.524 bits per heavy atom. The number of hydrogen-bond acceptors (Lipinski definition) is 3. The molecule has 63 heavy (non-hydrogen) atoms. The first-order valence-electron chi connectivity index (χ1n) is 24.9. The highest BCUT2D eigenvalue weighted by Crippen LogP contribution is 2.57. The molecule has 312 valence electrons. The highest BCUT2D eigenvalue weighted by Gasteiger charge is 2.42. The van der Waals surface area contributed by atoms with Crippen molar-refractivity contribution in [1.82, 2.24) is 4.40 Å². The number of aromatic nitrogens is 1. The molecule has 3 nitrogen and oxygen atoms in total. The van der Waals surface area contributed by atoms with Gasteiger partial charge >= 0.3 is 0 Å². The van der Waals surface area contributed by atoms with Gasteiger partial charge in [-0.15, -0.1) is 11.3 Å². The Morgan fingerprint density at radius 3 is 1.52 bits per heavy atom. The Morgan fingerprint density at radius 2 is 1.00 bits per heavy atom. The molecule has 1 aliphatic carbocycles. The Balaban J connectivity index is 1.07. The monoisotopic (exact) mass is 843 g/mol. The summed E-state index contributed by atoms with van der Waals surface area (Å²) in [6, 6.07) is 52.3. The summed E-state index contributed by atoms with van der Waals surface area (Å²) in [6.07, 6.45) is 0. The zero-order valence-electron chi connectivity index (χ0n) is 43.2. The van der Waals surface area contributed by atoms with E-state index in [1.54, 1.807) is 24.3 Å². The van der Waals surface area contributed by atoms with E-state index in [4.69, 9.17) is 8.22 Å². The van der Waals surface area contributed by atoms with Crippen LogP contribution < -0.4 is 9.80 Å². The van der Waals surface area contributed by atoms with Crippen LogP contribution in [0.3, 0.4) is 0 Å². The fourth-order valence-electron chi connectivity index (χ4n) is 10.1. The minimum atomic E-state index is -2.19. The van der Waals surface area contributed by atoms with Gasteiger partial charge in [0.1, 0.15) is 4.83 Å². The van der Waals surface area contributed by atoms with Crippen LogP contribution in [0.1, 0.15) is 97.0 Å². The summed E-state index contributed by atoms with van der Waals surface area (Å²) in [5.41, 5.74) is 14.8. The van der Waals surface area contributed by atoms with Crippen LogP contribution in [0, 0.1) is 13.7 Å². The highest BCUT2D eigenvalue weighted by molar-refractivity contribution is 7.25. The number of anilines is 6. The SMILES string of the molecule is [2H]C([2H])([2H])c1ccc(N(c2ccc(C(C)(C)C)cc2)c2ccc3c(c2)C(C)(C)c2c-3n3c4sc5cc(N(c6ccc(C([2H])([2H])[2H])cc6)c6ccc(C(C)(C)C)cc6)ccc5c4c4cccc2c43)cc1. The molecule has 0 saturated carbocycles. The van der Waals surface area contributed by atoms with Crippen LogP contribution >= 0.6 is 11.3 Å². The van der Waals surface area contributed by atoms with Gasteiger partial charge in [0.2, 0.25) is 0 Å². The van der Waals surface area contributed by atoms with Crippen molar-refractivity contribution in [2.75, 3.05) is 9.80 Å². The first-order valence-corrected chi connectivity index (χ1v) is 22.7. The van der Waals surface area contributed by atoms with E-state index in [2.05, 4.69) is 173 Å². The smallest absolute Gasteiger partial charge is 0.109 e. The van der Waals surface area contributed by atoms with E-state index in [9.17, 15) is 0 Å². The van der Waals surface area contributed by atoms with Gasteiger partial charge in [-0.2, -0.15) is 0 Å². The Bertz CT molecular complexity index is 3490. The van der Waals surface area contributed by atoms with Gasteiger partial charge in [0.25, 0.3) is 0 Å². The summed E-state index contributed by atoms with van der Waals surface area (Å²) >= 11 is 1.82. The predicted octanol–water partition coefficient (Wildman–Crippen LogP) is 17.4. The number of fused-ring (bicyclic) bond motifs is 10. The summed E-state index contributed by atoms with van der Waals surface area (Å²) in [4.78, 5) is 5.67. The van der Waals surface area contributed by atoms with Crippen molar-refractivity contribution in [1.29, 1.82) is 0 Å². The number of rotatable bonds is 6. The van der Waals surface area contributed by atoms with Crippen molar-refractivity contribution in [2.24, 2.45) is 0 Å². The maximum atomic E-state index is 8.04. The number of aryl methyl sites for hydroxylation is 2. The molecule has 0 aliphatic heterocycles. The zero-order valence-corrected chi connectivity index (χ0v) is 38.0. The molecule has 0 atom stereocenters. The van der Waals surface area contributed by atoms with Gasteiger partial charge in [-0.25, -0.2) is 0 Å². The molecule has 4 heteroatoms. The normalized spacial score (nSPS) is 15.5. The summed E-state index contributed by atoms with van der Waals surface area (Å²) in [5.74, 6) is 0. The maximum Gasteiger partial charge on any atom is 0.109 e. The van der Waals surface area contributed by atoms with Gasteiger partial charge in [-0.3, -0.25) is 4.40 Å². The summed E-state index contributed by atoms with van der Waals surface area (Å²) in [7, 11) is 0. The van der Waals surface area contributed by atoms with Crippen LogP contribution in [-0.2, 0) is 16.2 Å². The standard InChI is InChI=1S/C59H55N3S/c1-36-14-22-40(23-15-36)60(42-26-18-38(19-27-42)57(3,4)5)44-30-32-46-50(34-44)59(9,10)53-49-13-11-12-48-52-47-33-31-45(35-51(47)63-56(52)62(54(48)49)55(46)53)61(41-24-16-37(2)17-25-41)43-28-20-39(21-29-43)58(6,7)8/h11-35H,1-10H3/i1D3,2D3. The second-order valence-electron chi connectivity index (χ2n) is 19.9. The molecule has 0 radical (unpaired) electrons. The largest absolute Gasteiger partial charge is 0.310 e. The van der Waals surface area contributed by atoms with Crippen molar-refractivity contribution in [3.05, 3.63) is 185 Å². The van der Waals surface area contributed by atoms with Gasteiger partial charge in [-0.05, 0) is 120 Å². The Hall–Kier alpha value is -6.36. The summed E-state index contributed by atoms with van der Waals surface area (Å²) < 4.78 is 51.9. The molecule has 0 bridgehead atoms. The first kappa shape index (κ1) is 33.2. The lowest BCUT2D eigenvalue weighted by Crippen LogP contribution is -2.17. The topological polar surface area (TPSA) is 10.9 Å². The molecule has 0 fully saturated rings. The minimum absolute atomic E-state index is 0.00400. The second kappa shape index (κ2) is 13.8. The molecule has 0 N–H and O–H groups in total. The molecule has 7 aromatic carbocycles. The fourth-order valence-corrected chi connectivity index (χ4v) is 11.4. The lowest BCUT2D eigenvalue weighted by atomic mass is 9.81. The number of hydrogen-bond donors (Lipinski definition) is 0. The van der Waals surface area contributed by atoms with E-state index < -0.39 is 13.7 Å².